The molecule has 128 valence electrons. The number of hydrogen-bond acceptors (Lipinski definition) is 7. The molecule has 0 saturated carbocycles. The number of thioether (sulfide) groups is 1. The summed E-state index contributed by atoms with van der Waals surface area (Å²) in [5.74, 6) is 2.23. The average molecular weight is 357 g/mol. The average Bonchev–Trinajstić information content (AvgIpc) is 3.38. The molecule has 1 atom stereocenters. The molecule has 0 radical (unpaired) electrons. The molecule has 3 aromatic heterocycles. The first kappa shape index (κ1) is 15.7. The maximum absolute atomic E-state index is 12.7. The molecule has 25 heavy (non-hydrogen) atoms. The molecule has 1 N–H and O–H groups in total. The summed E-state index contributed by atoms with van der Waals surface area (Å²) in [6.07, 6.45) is 3.54. The Morgan fingerprint density at radius 2 is 2.36 bits per heavy atom. The van der Waals surface area contributed by atoms with E-state index < -0.39 is 0 Å². The van der Waals surface area contributed by atoms with E-state index in [2.05, 4.69) is 20.3 Å². The Bertz CT molecular complexity index is 885. The van der Waals surface area contributed by atoms with Crippen LogP contribution >= 0.6 is 11.8 Å². The maximum atomic E-state index is 12.7. The van der Waals surface area contributed by atoms with Gasteiger partial charge in [0.1, 0.15) is 35.4 Å². The number of amides is 1. The fraction of sp³-hybridized carbons (Fsp3) is 0.250. The van der Waals surface area contributed by atoms with Crippen LogP contribution in [0.1, 0.15) is 29.7 Å². The second-order valence-corrected chi connectivity index (χ2v) is 6.47. The van der Waals surface area contributed by atoms with Crippen molar-refractivity contribution in [1.29, 1.82) is 0 Å². The van der Waals surface area contributed by atoms with Gasteiger partial charge in [-0.1, -0.05) is 11.8 Å². The fourth-order valence-electron chi connectivity index (χ4n) is 2.64. The molecular formula is C16H15N5O3S. The van der Waals surface area contributed by atoms with Gasteiger partial charge in [0, 0.05) is 6.42 Å². The van der Waals surface area contributed by atoms with Crippen molar-refractivity contribution >= 4 is 23.4 Å². The predicted molar refractivity (Wildman–Crippen MR) is 90.0 cm³/mol. The summed E-state index contributed by atoms with van der Waals surface area (Å²) < 4.78 is 11.2. The van der Waals surface area contributed by atoms with E-state index in [1.165, 1.54) is 23.1 Å². The van der Waals surface area contributed by atoms with Gasteiger partial charge in [-0.2, -0.15) is 10.2 Å². The highest BCUT2D eigenvalue weighted by Crippen LogP contribution is 2.34. The highest BCUT2D eigenvalue weighted by atomic mass is 32.2. The lowest BCUT2D eigenvalue weighted by Crippen LogP contribution is -2.28. The van der Waals surface area contributed by atoms with Gasteiger partial charge in [0.05, 0.1) is 12.0 Å². The van der Waals surface area contributed by atoms with Crippen LogP contribution in [0.3, 0.4) is 0 Å². The first-order valence-electron chi connectivity index (χ1n) is 7.68. The van der Waals surface area contributed by atoms with E-state index in [0.29, 0.717) is 23.1 Å². The largest absolute Gasteiger partial charge is 0.467 e. The lowest BCUT2D eigenvalue weighted by atomic mass is 10.1. The predicted octanol–water partition coefficient (Wildman–Crippen LogP) is 2.77. The van der Waals surface area contributed by atoms with Crippen LogP contribution in [-0.4, -0.2) is 37.6 Å². The van der Waals surface area contributed by atoms with E-state index in [-0.39, 0.29) is 17.7 Å². The molecule has 0 spiro atoms. The summed E-state index contributed by atoms with van der Waals surface area (Å²) in [6, 6.07) is 7.11. The summed E-state index contributed by atoms with van der Waals surface area (Å²) in [7, 11) is 0. The number of nitrogens with one attached hydrogen (secondary N) is 1. The van der Waals surface area contributed by atoms with Crippen molar-refractivity contribution in [1.82, 2.24) is 20.2 Å². The number of furan rings is 2. The maximum Gasteiger partial charge on any atom is 0.253 e. The molecule has 8 nitrogen and oxygen atoms in total. The monoisotopic (exact) mass is 357 g/mol. The molecule has 1 aliphatic rings. The summed E-state index contributed by atoms with van der Waals surface area (Å²) in [5, 5.41) is 13.0. The third kappa shape index (κ3) is 3.22. The van der Waals surface area contributed by atoms with Crippen molar-refractivity contribution in [2.24, 2.45) is 5.10 Å². The number of nitrogens with zero attached hydrogens (tertiary/aromatic N) is 4. The minimum absolute atomic E-state index is 0.138. The Morgan fingerprint density at radius 1 is 1.44 bits per heavy atom. The molecule has 0 bridgehead atoms. The van der Waals surface area contributed by atoms with Crippen molar-refractivity contribution in [2.45, 2.75) is 24.5 Å². The molecule has 0 fully saturated rings. The zero-order chi connectivity index (χ0) is 17.2. The molecule has 4 heterocycles. The van der Waals surface area contributed by atoms with Gasteiger partial charge in [-0.05, 0) is 31.2 Å². The summed E-state index contributed by atoms with van der Waals surface area (Å²) in [5.41, 5.74) is 0.729. The summed E-state index contributed by atoms with van der Waals surface area (Å²) in [4.78, 5) is 16.7. The van der Waals surface area contributed by atoms with Crippen LogP contribution in [0.4, 0.5) is 0 Å². The molecule has 0 saturated heterocycles. The van der Waals surface area contributed by atoms with E-state index >= 15 is 0 Å². The van der Waals surface area contributed by atoms with Gasteiger partial charge in [0.25, 0.3) is 5.91 Å². The van der Waals surface area contributed by atoms with E-state index in [1.54, 1.807) is 12.3 Å². The van der Waals surface area contributed by atoms with Gasteiger partial charge < -0.3 is 8.83 Å². The normalized spacial score (nSPS) is 17.1. The number of aromatic nitrogens is 3. The van der Waals surface area contributed by atoms with E-state index in [0.717, 1.165) is 11.5 Å². The number of aryl methyl sites for hydroxylation is 1. The third-order valence-corrected chi connectivity index (χ3v) is 4.65. The SMILES string of the molecule is Cc1ccc(C2=NN(C(=O)CSc3ncn[nH]3)C(c3ccco3)C2)o1. The second kappa shape index (κ2) is 6.60. The lowest BCUT2D eigenvalue weighted by Gasteiger charge is -2.19. The standard InChI is InChI=1S/C16H15N5O3S/c1-10-4-5-13(24-10)11-7-12(14-3-2-6-23-14)21(20-11)15(22)8-25-16-17-9-18-19-16/h2-6,9,12H,7-8H2,1H3,(H,17,18,19). The van der Waals surface area contributed by atoms with Gasteiger partial charge >= 0.3 is 0 Å². The van der Waals surface area contributed by atoms with Gasteiger partial charge in [-0.3, -0.25) is 9.89 Å². The van der Waals surface area contributed by atoms with Gasteiger partial charge in [-0.25, -0.2) is 9.99 Å². The minimum Gasteiger partial charge on any atom is -0.467 e. The highest BCUT2D eigenvalue weighted by molar-refractivity contribution is 7.99. The number of aromatic amines is 1. The molecule has 1 unspecified atom stereocenters. The van der Waals surface area contributed by atoms with Crippen molar-refractivity contribution in [2.75, 3.05) is 5.75 Å². The van der Waals surface area contributed by atoms with Crippen LogP contribution in [0, 0.1) is 6.92 Å². The van der Waals surface area contributed by atoms with Crippen molar-refractivity contribution in [3.63, 3.8) is 0 Å². The van der Waals surface area contributed by atoms with Crippen LogP contribution in [0.25, 0.3) is 0 Å². The number of hydrogen-bond donors (Lipinski definition) is 1. The molecule has 4 rings (SSSR count). The molecule has 1 amide bonds. The van der Waals surface area contributed by atoms with E-state index in [4.69, 9.17) is 8.83 Å². The molecule has 0 aliphatic carbocycles. The van der Waals surface area contributed by atoms with Crippen LogP contribution in [-0.2, 0) is 4.79 Å². The quantitative estimate of drug-likeness (QED) is 0.705. The zero-order valence-electron chi connectivity index (χ0n) is 13.4. The van der Waals surface area contributed by atoms with Crippen molar-refractivity contribution in [3.05, 3.63) is 54.1 Å². The Balaban J connectivity index is 1.56. The smallest absolute Gasteiger partial charge is 0.253 e. The van der Waals surface area contributed by atoms with E-state index in [1.807, 2.05) is 25.1 Å². The topological polar surface area (TPSA) is 101 Å². The number of hydrazone groups is 1. The number of carbonyl (C=O) groups excluding carboxylic acids is 1. The molecule has 0 aromatic carbocycles. The number of H-pyrrole nitrogens is 1. The molecule has 3 aromatic rings. The molecular weight excluding hydrogens is 342 g/mol. The number of rotatable bonds is 5. The van der Waals surface area contributed by atoms with Crippen LogP contribution in [0.2, 0.25) is 0 Å². The lowest BCUT2D eigenvalue weighted by molar-refractivity contribution is -0.130. The highest BCUT2D eigenvalue weighted by Gasteiger charge is 2.35. The zero-order valence-corrected chi connectivity index (χ0v) is 14.2. The summed E-state index contributed by atoms with van der Waals surface area (Å²) in [6.45, 7) is 1.87. The first-order chi connectivity index (χ1) is 12.2. The van der Waals surface area contributed by atoms with Crippen LogP contribution < -0.4 is 0 Å². The first-order valence-corrected chi connectivity index (χ1v) is 8.67. The molecule has 1 aliphatic heterocycles. The Kier molecular flexibility index (Phi) is 4.14. The number of carbonyl (C=O) groups is 1. The van der Waals surface area contributed by atoms with Gasteiger partial charge in [0.2, 0.25) is 0 Å². The minimum atomic E-state index is -0.279. The third-order valence-electron chi connectivity index (χ3n) is 3.79. The van der Waals surface area contributed by atoms with E-state index in [9.17, 15) is 4.79 Å². The fourth-order valence-corrected chi connectivity index (χ4v) is 3.27. The summed E-state index contributed by atoms with van der Waals surface area (Å²) >= 11 is 1.28. The molecule has 9 heteroatoms. The Labute approximate surface area is 147 Å². The van der Waals surface area contributed by atoms with Gasteiger partial charge in [0.15, 0.2) is 5.16 Å². The van der Waals surface area contributed by atoms with Gasteiger partial charge in [-0.15, -0.1) is 0 Å². The van der Waals surface area contributed by atoms with Crippen LogP contribution in [0.5, 0.6) is 0 Å². The van der Waals surface area contributed by atoms with Crippen molar-refractivity contribution in [3.8, 4) is 0 Å². The van der Waals surface area contributed by atoms with Crippen molar-refractivity contribution < 1.29 is 13.6 Å². The Morgan fingerprint density at radius 3 is 3.04 bits per heavy atom. The van der Waals surface area contributed by atoms with Crippen LogP contribution in [0.15, 0.2) is 55.9 Å². The Hall–Kier alpha value is -2.81. The second-order valence-electron chi connectivity index (χ2n) is 5.51.